The van der Waals surface area contributed by atoms with Gasteiger partial charge in [0.05, 0.1) is 41.7 Å². The van der Waals surface area contributed by atoms with Gasteiger partial charge in [-0.15, -0.1) is 11.3 Å². The van der Waals surface area contributed by atoms with Crippen LogP contribution in [0.15, 0.2) is 88.6 Å². The van der Waals surface area contributed by atoms with Gasteiger partial charge in [-0.05, 0) is 41.0 Å². The molecule has 0 aliphatic carbocycles. The number of carbonyl (C=O) groups is 2. The smallest absolute Gasteiger partial charge is 0.321 e. The Labute approximate surface area is 320 Å². The molecule has 0 radical (unpaired) electrons. The molecule has 4 aromatic rings. The maximum Gasteiger partial charge on any atom is 0.321 e. The number of urea groups is 1. The Bertz CT molecular complexity index is 1990. The van der Waals surface area contributed by atoms with Gasteiger partial charge in [-0.2, -0.15) is 4.31 Å². The molecule has 16 heteroatoms. The average Bonchev–Trinajstić information content (AvgIpc) is 3.74. The van der Waals surface area contributed by atoms with Gasteiger partial charge in [0.25, 0.3) is 0 Å². The van der Waals surface area contributed by atoms with E-state index in [2.05, 4.69) is 25.4 Å². The van der Waals surface area contributed by atoms with Gasteiger partial charge in [0.1, 0.15) is 16.7 Å². The largest absolute Gasteiger partial charge is 0.411 e. The highest BCUT2D eigenvalue weighted by Crippen LogP contribution is 2.30. The fourth-order valence-corrected chi connectivity index (χ4v) is 8.85. The van der Waals surface area contributed by atoms with Crippen LogP contribution >= 0.6 is 11.3 Å². The number of aliphatic hydroxyl groups excluding tert-OH is 1. The highest BCUT2D eigenvalue weighted by molar-refractivity contribution is 7.89. The number of benzene rings is 2. The lowest BCUT2D eigenvalue weighted by atomic mass is 9.84. The Balaban J connectivity index is 1.36. The number of amides is 3. The van der Waals surface area contributed by atoms with Crippen molar-refractivity contribution in [2.45, 2.75) is 70.7 Å². The average molecular weight is 777 g/mol. The minimum Gasteiger partial charge on any atom is -0.411 e. The Morgan fingerprint density at radius 3 is 2.43 bits per heavy atom. The topological polar surface area (TPSA) is 182 Å². The molecule has 2 aromatic heterocycles. The summed E-state index contributed by atoms with van der Waals surface area (Å²) in [7, 11) is -4.08. The summed E-state index contributed by atoms with van der Waals surface area (Å²) in [6, 6.07) is 13.1. The predicted octanol–water partition coefficient (Wildman–Crippen LogP) is 4.50. The van der Waals surface area contributed by atoms with Crippen LogP contribution < -0.4 is 5.32 Å². The van der Waals surface area contributed by atoms with Crippen molar-refractivity contribution in [1.82, 2.24) is 34.4 Å². The lowest BCUT2D eigenvalue weighted by Crippen LogP contribution is -2.59. The monoisotopic (exact) mass is 776 g/mol. The van der Waals surface area contributed by atoms with Crippen molar-refractivity contribution in [2.75, 3.05) is 26.2 Å². The Morgan fingerprint density at radius 2 is 1.80 bits per heavy atom. The Kier molecular flexibility index (Phi) is 13.2. The van der Waals surface area contributed by atoms with Crippen LogP contribution in [-0.4, -0.2) is 110 Å². The van der Waals surface area contributed by atoms with Gasteiger partial charge in [0.2, 0.25) is 15.9 Å². The first-order valence-electron chi connectivity index (χ1n) is 17.7. The number of hydrogen-bond acceptors (Lipinski definition) is 11. The van der Waals surface area contributed by atoms with Crippen molar-refractivity contribution in [1.29, 1.82) is 0 Å². The van der Waals surface area contributed by atoms with Crippen molar-refractivity contribution in [3.05, 3.63) is 95.4 Å². The first kappa shape index (κ1) is 40.4. The standard InChI is InChI=1S/C38H48N8O6S2/c1-26(2)22-45(54(51,52)30-13-11-28(12-14-30)20-41-50)24-33(47)31(19-27-9-7-6-8-10-27)43-35(48)34(38(3,4)5)46-18-17-44(37(46)49)23-29-25-53-36(42-29)32-21-39-15-16-40-32/h6-16,20-21,25-26,31,33-34,47,50H,17-19,22-24H2,1-5H3,(H,43,48)/t31-,33-,34+/m0/s1. The molecule has 3 heterocycles. The van der Waals surface area contributed by atoms with Crippen molar-refractivity contribution in [3.63, 3.8) is 0 Å². The molecule has 288 valence electrons. The van der Waals surface area contributed by atoms with Crippen LogP contribution in [0.2, 0.25) is 0 Å². The van der Waals surface area contributed by atoms with E-state index in [-0.39, 0.29) is 42.9 Å². The minimum atomic E-state index is -4.08. The van der Waals surface area contributed by atoms with E-state index in [1.54, 1.807) is 28.4 Å². The first-order valence-corrected chi connectivity index (χ1v) is 20.1. The van der Waals surface area contributed by atoms with Crippen molar-refractivity contribution in [3.8, 4) is 10.7 Å². The molecule has 0 unspecified atom stereocenters. The molecular formula is C38H48N8O6S2. The van der Waals surface area contributed by atoms with E-state index in [4.69, 9.17) is 5.21 Å². The fraction of sp³-hybridized carbons (Fsp3) is 0.421. The summed E-state index contributed by atoms with van der Waals surface area (Å²) in [6.07, 6.45) is 4.92. The highest BCUT2D eigenvalue weighted by atomic mass is 32.2. The number of rotatable bonds is 16. The minimum absolute atomic E-state index is 0.0154. The lowest BCUT2D eigenvalue weighted by Gasteiger charge is -2.38. The van der Waals surface area contributed by atoms with Crippen LogP contribution in [0.1, 0.15) is 51.4 Å². The zero-order chi connectivity index (χ0) is 39.0. The molecule has 1 aliphatic heterocycles. The van der Waals surface area contributed by atoms with Crippen molar-refractivity contribution >= 4 is 39.5 Å². The molecule has 1 aliphatic rings. The molecule has 0 bridgehead atoms. The van der Waals surface area contributed by atoms with Gasteiger partial charge in [-0.3, -0.25) is 14.8 Å². The normalized spacial score (nSPS) is 15.7. The third kappa shape index (κ3) is 10.0. The zero-order valence-electron chi connectivity index (χ0n) is 31.1. The maximum absolute atomic E-state index is 14.4. The molecule has 1 saturated heterocycles. The SMILES string of the molecule is CC(C)CN(C[C@H](O)[C@H](Cc1ccccc1)NC(=O)[C@@H](N1CCN(Cc2csc(-c3cnccn3)n2)C1=O)C(C)(C)C)S(=O)(=O)c1ccc(C=NO)cc1. The summed E-state index contributed by atoms with van der Waals surface area (Å²) < 4.78 is 29.1. The lowest BCUT2D eigenvalue weighted by molar-refractivity contribution is -0.130. The molecule has 0 saturated carbocycles. The van der Waals surface area contributed by atoms with Crippen LogP contribution in [0.4, 0.5) is 4.79 Å². The van der Waals surface area contributed by atoms with E-state index in [9.17, 15) is 23.1 Å². The highest BCUT2D eigenvalue weighted by Gasteiger charge is 2.44. The second-order valence-corrected chi connectivity index (χ2v) is 17.6. The molecule has 0 spiro atoms. The van der Waals surface area contributed by atoms with Crippen LogP contribution in [-0.2, 0) is 27.8 Å². The first-order chi connectivity index (χ1) is 25.7. The molecule has 1 fully saturated rings. The number of carbonyl (C=O) groups excluding carboxylic acids is 2. The quantitative estimate of drug-likeness (QED) is 0.0839. The second-order valence-electron chi connectivity index (χ2n) is 14.8. The van der Waals surface area contributed by atoms with E-state index in [0.29, 0.717) is 35.0 Å². The zero-order valence-corrected chi connectivity index (χ0v) is 32.7. The Morgan fingerprint density at radius 1 is 1.07 bits per heavy atom. The maximum atomic E-state index is 14.4. The van der Waals surface area contributed by atoms with E-state index in [1.807, 2.05) is 70.3 Å². The molecule has 3 amide bonds. The number of aliphatic hydroxyl groups is 1. The molecule has 14 nitrogen and oxygen atoms in total. The molecule has 54 heavy (non-hydrogen) atoms. The van der Waals surface area contributed by atoms with E-state index < -0.39 is 39.5 Å². The van der Waals surface area contributed by atoms with Crippen LogP contribution in [0.5, 0.6) is 0 Å². The van der Waals surface area contributed by atoms with E-state index in [1.165, 1.54) is 46.1 Å². The summed E-state index contributed by atoms with van der Waals surface area (Å²) in [4.78, 5) is 44.6. The number of nitrogens with zero attached hydrogens (tertiary/aromatic N) is 7. The third-order valence-corrected chi connectivity index (χ3v) is 11.7. The van der Waals surface area contributed by atoms with Crippen molar-refractivity contribution < 1.29 is 28.3 Å². The van der Waals surface area contributed by atoms with Gasteiger partial charge in [0, 0.05) is 44.0 Å². The Hall–Kier alpha value is -4.77. The van der Waals surface area contributed by atoms with Gasteiger partial charge < -0.3 is 25.4 Å². The summed E-state index contributed by atoms with van der Waals surface area (Å²) >= 11 is 1.42. The number of thiazole rings is 1. The van der Waals surface area contributed by atoms with Crippen LogP contribution in [0.25, 0.3) is 10.7 Å². The number of aromatic nitrogens is 3. The number of oxime groups is 1. The summed E-state index contributed by atoms with van der Waals surface area (Å²) in [6.45, 7) is 10.2. The number of hydrogen-bond donors (Lipinski definition) is 3. The fourth-order valence-electron chi connectivity index (χ4n) is 6.46. The van der Waals surface area contributed by atoms with Gasteiger partial charge in [0.15, 0.2) is 0 Å². The molecule has 5 rings (SSSR count). The van der Waals surface area contributed by atoms with Crippen LogP contribution in [0.3, 0.4) is 0 Å². The summed E-state index contributed by atoms with van der Waals surface area (Å²) in [5, 5.41) is 29.3. The van der Waals surface area contributed by atoms with Gasteiger partial charge in [-0.25, -0.2) is 18.2 Å². The number of sulfonamides is 1. The summed E-state index contributed by atoms with van der Waals surface area (Å²) in [5.74, 6) is -0.525. The second kappa shape index (κ2) is 17.6. The molecule has 3 N–H and O–H groups in total. The van der Waals surface area contributed by atoms with Crippen LogP contribution in [0, 0.1) is 11.3 Å². The summed E-state index contributed by atoms with van der Waals surface area (Å²) in [5.41, 5.74) is 2.00. The molecule has 3 atom stereocenters. The van der Waals surface area contributed by atoms with E-state index >= 15 is 0 Å². The van der Waals surface area contributed by atoms with E-state index in [0.717, 1.165) is 5.56 Å². The third-order valence-electron chi connectivity index (χ3n) is 8.97. The van der Waals surface area contributed by atoms with Gasteiger partial charge >= 0.3 is 6.03 Å². The van der Waals surface area contributed by atoms with Gasteiger partial charge in [-0.1, -0.05) is 82.2 Å². The molecule has 2 aromatic carbocycles. The number of nitrogens with one attached hydrogen (secondary N) is 1. The molecular weight excluding hydrogens is 729 g/mol. The predicted molar refractivity (Wildman–Crippen MR) is 206 cm³/mol. The van der Waals surface area contributed by atoms with Crippen molar-refractivity contribution in [2.24, 2.45) is 16.5 Å².